The van der Waals surface area contributed by atoms with Crippen LogP contribution in [0.25, 0.3) is 0 Å². The van der Waals surface area contributed by atoms with Crippen LogP contribution in [0.2, 0.25) is 0 Å². The first kappa shape index (κ1) is 15.3. The maximum Gasteiger partial charge on any atom is 2.00 e. The zero-order valence-corrected chi connectivity index (χ0v) is 11.0. The Morgan fingerprint density at radius 1 is 1.44 bits per heavy atom. The molecule has 0 aliphatic rings. The molecular formula is C10H12MgO4S. The minimum absolute atomic E-state index is 0. The summed E-state index contributed by atoms with van der Waals surface area (Å²) in [5.41, 5.74) is 0.321. The van der Waals surface area contributed by atoms with Gasteiger partial charge in [0, 0.05) is 5.75 Å². The van der Waals surface area contributed by atoms with Gasteiger partial charge in [0.2, 0.25) is 0 Å². The van der Waals surface area contributed by atoms with Gasteiger partial charge in [-0.1, -0.05) is 13.0 Å². The summed E-state index contributed by atoms with van der Waals surface area (Å²) in [5, 5.41) is 8.71. The second-order valence-electron chi connectivity index (χ2n) is 2.66. The third-order valence-corrected chi connectivity index (χ3v) is 2.10. The topological polar surface area (TPSA) is 63.6 Å². The SMILES string of the molecule is CCSOC(=O)c1cccc(C(=O)O)c1.[H-].[H-].[Mg+2]. The van der Waals surface area contributed by atoms with Crippen molar-refractivity contribution in [3.8, 4) is 0 Å². The van der Waals surface area contributed by atoms with Gasteiger partial charge < -0.3 is 12.1 Å². The standard InChI is InChI=1S/C10H10O4S.Mg.2H/c1-2-15-14-10(13)8-5-3-4-7(6-8)9(11)12;;;/h3-6H,2H2,1H3,(H,11,12);;;/q;+2;2*-1. The number of hydrogen-bond donors (Lipinski definition) is 1. The predicted molar refractivity (Wildman–Crippen MR) is 64.9 cm³/mol. The molecule has 0 radical (unpaired) electrons. The van der Waals surface area contributed by atoms with Crippen LogP contribution in [-0.4, -0.2) is 45.9 Å². The van der Waals surface area contributed by atoms with Gasteiger partial charge in [-0.2, -0.15) is 0 Å². The number of carboxylic acid groups (broad SMARTS) is 1. The minimum atomic E-state index is -1.06. The Kier molecular flexibility index (Phi) is 7.19. The number of carbonyl (C=O) groups excluding carboxylic acids is 1. The van der Waals surface area contributed by atoms with Crippen molar-refractivity contribution >= 4 is 47.0 Å². The zero-order chi connectivity index (χ0) is 11.3. The van der Waals surface area contributed by atoms with E-state index in [9.17, 15) is 9.59 Å². The number of hydrogen-bond acceptors (Lipinski definition) is 4. The van der Waals surface area contributed by atoms with Crippen LogP contribution in [0, 0.1) is 0 Å². The molecule has 0 aliphatic heterocycles. The summed E-state index contributed by atoms with van der Waals surface area (Å²) in [6, 6.07) is 5.74. The summed E-state index contributed by atoms with van der Waals surface area (Å²) in [6.45, 7) is 1.85. The molecule has 0 unspecified atom stereocenters. The molecule has 0 aromatic heterocycles. The van der Waals surface area contributed by atoms with Crippen LogP contribution >= 0.6 is 12.0 Å². The molecule has 0 atom stereocenters. The molecule has 0 spiro atoms. The molecule has 84 valence electrons. The first-order valence-electron chi connectivity index (χ1n) is 4.32. The molecule has 1 rings (SSSR count). The maximum absolute atomic E-state index is 11.3. The third-order valence-electron chi connectivity index (χ3n) is 1.60. The smallest absolute Gasteiger partial charge is 1.00 e. The molecule has 4 nitrogen and oxygen atoms in total. The molecule has 1 N–H and O–H groups in total. The van der Waals surface area contributed by atoms with Crippen LogP contribution in [0.5, 0.6) is 0 Å². The van der Waals surface area contributed by atoms with Crippen LogP contribution in [0.15, 0.2) is 24.3 Å². The Labute approximate surface area is 117 Å². The fraction of sp³-hybridized carbons (Fsp3) is 0.200. The van der Waals surface area contributed by atoms with Crippen molar-refractivity contribution < 1.29 is 21.7 Å². The first-order valence-corrected chi connectivity index (χ1v) is 5.23. The maximum atomic E-state index is 11.3. The van der Waals surface area contributed by atoms with E-state index in [-0.39, 0.29) is 37.0 Å². The van der Waals surface area contributed by atoms with Crippen molar-refractivity contribution in [2.24, 2.45) is 0 Å². The average molecular weight is 253 g/mol. The van der Waals surface area contributed by atoms with Crippen molar-refractivity contribution in [2.75, 3.05) is 5.75 Å². The second-order valence-corrected chi connectivity index (χ2v) is 3.64. The van der Waals surface area contributed by atoms with Crippen LogP contribution in [0.3, 0.4) is 0 Å². The van der Waals surface area contributed by atoms with Crippen LogP contribution in [0.4, 0.5) is 0 Å². The van der Waals surface area contributed by atoms with E-state index in [0.29, 0.717) is 5.75 Å². The zero-order valence-electron chi connectivity index (χ0n) is 10.8. The Hall–Kier alpha value is -0.724. The fourth-order valence-electron chi connectivity index (χ4n) is 0.940. The molecule has 0 saturated heterocycles. The van der Waals surface area contributed by atoms with Crippen molar-refractivity contribution in [2.45, 2.75) is 6.92 Å². The van der Waals surface area contributed by atoms with E-state index in [0.717, 1.165) is 12.0 Å². The van der Waals surface area contributed by atoms with Gasteiger partial charge in [-0.15, -0.1) is 0 Å². The van der Waals surface area contributed by atoms with Crippen molar-refractivity contribution in [3.05, 3.63) is 35.4 Å². The van der Waals surface area contributed by atoms with E-state index < -0.39 is 11.9 Å². The Morgan fingerprint density at radius 3 is 2.62 bits per heavy atom. The summed E-state index contributed by atoms with van der Waals surface area (Å²) in [5.74, 6) is -0.928. The Bertz CT molecular complexity index is 390. The molecule has 1 aromatic carbocycles. The van der Waals surface area contributed by atoms with E-state index in [1.165, 1.54) is 24.3 Å². The first-order chi connectivity index (χ1) is 7.15. The monoisotopic (exact) mass is 252 g/mol. The van der Waals surface area contributed by atoms with Crippen molar-refractivity contribution in [3.63, 3.8) is 0 Å². The normalized spacial score (nSPS) is 9.06. The van der Waals surface area contributed by atoms with Gasteiger partial charge >= 0.3 is 35.0 Å². The van der Waals surface area contributed by atoms with Crippen molar-refractivity contribution in [1.82, 2.24) is 0 Å². The van der Waals surface area contributed by atoms with Gasteiger partial charge in [0.05, 0.1) is 23.2 Å². The average Bonchev–Trinajstić information content (AvgIpc) is 2.26. The van der Waals surface area contributed by atoms with Crippen LogP contribution in [-0.2, 0) is 4.18 Å². The Balaban J connectivity index is -0.000000750. The van der Waals surface area contributed by atoms with E-state index in [1.54, 1.807) is 0 Å². The Morgan fingerprint density at radius 2 is 2.06 bits per heavy atom. The summed E-state index contributed by atoms with van der Waals surface area (Å²) in [6.07, 6.45) is 0. The van der Waals surface area contributed by atoms with E-state index in [4.69, 9.17) is 9.29 Å². The number of carbonyl (C=O) groups is 2. The number of benzene rings is 1. The molecule has 0 amide bonds. The fourth-order valence-corrected chi connectivity index (χ4v) is 1.26. The second kappa shape index (κ2) is 7.53. The van der Waals surface area contributed by atoms with Crippen molar-refractivity contribution in [1.29, 1.82) is 0 Å². The number of carboxylic acids is 1. The molecule has 0 saturated carbocycles. The molecule has 0 bridgehead atoms. The molecule has 0 heterocycles. The number of aromatic carboxylic acids is 1. The summed E-state index contributed by atoms with van der Waals surface area (Å²) in [7, 11) is 0. The molecule has 0 fully saturated rings. The van der Waals surface area contributed by atoms with Gasteiger partial charge in [-0.05, 0) is 18.2 Å². The summed E-state index contributed by atoms with van der Waals surface area (Å²) < 4.78 is 4.80. The van der Waals surface area contributed by atoms with E-state index >= 15 is 0 Å². The van der Waals surface area contributed by atoms with Crippen LogP contribution in [0.1, 0.15) is 30.5 Å². The summed E-state index contributed by atoms with van der Waals surface area (Å²) in [4.78, 5) is 22.0. The molecule has 16 heavy (non-hydrogen) atoms. The third kappa shape index (κ3) is 4.42. The van der Waals surface area contributed by atoms with Gasteiger partial charge in [0.15, 0.2) is 0 Å². The minimum Gasteiger partial charge on any atom is -1.00 e. The van der Waals surface area contributed by atoms with Gasteiger partial charge in [0.25, 0.3) is 0 Å². The van der Waals surface area contributed by atoms with Gasteiger partial charge in [0.1, 0.15) is 0 Å². The molecular weight excluding hydrogens is 240 g/mol. The molecule has 6 heteroatoms. The predicted octanol–water partition coefficient (Wildman–Crippen LogP) is 2.05. The summed E-state index contributed by atoms with van der Waals surface area (Å²) >= 11 is 1.03. The number of rotatable bonds is 4. The largest absolute Gasteiger partial charge is 2.00 e. The quantitative estimate of drug-likeness (QED) is 0.656. The molecule has 0 aliphatic carbocycles. The molecule has 1 aromatic rings. The van der Waals surface area contributed by atoms with Crippen LogP contribution < -0.4 is 0 Å². The van der Waals surface area contributed by atoms with Gasteiger partial charge in [-0.25, -0.2) is 9.59 Å². The van der Waals surface area contributed by atoms with E-state index in [1.807, 2.05) is 6.92 Å². The van der Waals surface area contributed by atoms with E-state index in [2.05, 4.69) is 0 Å². The van der Waals surface area contributed by atoms with Gasteiger partial charge in [-0.3, -0.25) is 0 Å².